The number of carbonyl (C=O) groups excluding carboxylic acids is 3. The van der Waals surface area contributed by atoms with Gasteiger partial charge in [0, 0.05) is 26.1 Å². The number of benzene rings is 2. The summed E-state index contributed by atoms with van der Waals surface area (Å²) in [7, 11) is 0. The zero-order valence-electron chi connectivity index (χ0n) is 18.9. The van der Waals surface area contributed by atoms with Gasteiger partial charge in [-0.15, -0.1) is 0 Å². The van der Waals surface area contributed by atoms with E-state index in [1.807, 2.05) is 6.92 Å². The van der Waals surface area contributed by atoms with Crippen LogP contribution in [0.2, 0.25) is 10.0 Å². The molecule has 0 radical (unpaired) electrons. The number of carbonyl (C=O) groups is 3. The van der Waals surface area contributed by atoms with Crippen molar-refractivity contribution in [2.24, 2.45) is 0 Å². The van der Waals surface area contributed by atoms with Crippen LogP contribution >= 0.6 is 39.1 Å². The Morgan fingerprint density at radius 1 is 1.09 bits per heavy atom. The molecule has 1 saturated heterocycles. The van der Waals surface area contributed by atoms with Crippen LogP contribution in [-0.2, 0) is 16.2 Å². The van der Waals surface area contributed by atoms with Gasteiger partial charge in [0.2, 0.25) is 0 Å². The second-order valence-electron chi connectivity index (χ2n) is 8.21. The maximum atomic E-state index is 13.1. The summed E-state index contributed by atoms with van der Waals surface area (Å²) in [5.41, 5.74) is 1.17. The molecule has 0 unspecified atom stereocenters. The number of hydrogen-bond donors (Lipinski definition) is 1. The molecule has 1 aliphatic heterocycles. The molecule has 7 nitrogen and oxygen atoms in total. The third-order valence-electron chi connectivity index (χ3n) is 5.88. The number of nitrogens with one attached hydrogen (secondary N) is 1. The maximum absolute atomic E-state index is 13.1. The Bertz CT molecular complexity index is 1210. The van der Waals surface area contributed by atoms with Crippen LogP contribution in [0, 0.1) is 0 Å². The standard InChI is InChI=1S/C25H23BrCl2N2O5/c1-2-34-21-10-15(19(26)12-22(21)35-13-14-7-8-16(27)11-20(14)28)9-18-23(31)29-25(33)30(24(18)32)17-5-3-4-6-17/h7-12,17H,2-6,13H2,1H3,(H,29,31,33)/b18-9+. The molecule has 184 valence electrons. The topological polar surface area (TPSA) is 84.9 Å². The Hall–Kier alpha value is -2.55. The number of urea groups is 1. The number of nitrogens with zero attached hydrogens (tertiary/aromatic N) is 1. The number of halogens is 3. The Kier molecular flexibility index (Phi) is 8.04. The lowest BCUT2D eigenvalue weighted by molar-refractivity contribution is -0.131. The number of barbiturate groups is 1. The van der Waals surface area contributed by atoms with Crippen LogP contribution in [0.5, 0.6) is 11.5 Å². The van der Waals surface area contributed by atoms with Crippen molar-refractivity contribution < 1.29 is 23.9 Å². The first-order chi connectivity index (χ1) is 16.8. The summed E-state index contributed by atoms with van der Waals surface area (Å²) in [6.07, 6.45) is 4.82. The van der Waals surface area contributed by atoms with Crippen LogP contribution in [0.25, 0.3) is 6.08 Å². The predicted molar refractivity (Wildman–Crippen MR) is 137 cm³/mol. The maximum Gasteiger partial charge on any atom is 0.331 e. The molecule has 4 amide bonds. The van der Waals surface area contributed by atoms with Gasteiger partial charge >= 0.3 is 6.03 Å². The van der Waals surface area contributed by atoms with Gasteiger partial charge in [-0.3, -0.25) is 19.8 Å². The van der Waals surface area contributed by atoms with E-state index in [1.165, 1.54) is 11.0 Å². The highest BCUT2D eigenvalue weighted by Crippen LogP contribution is 2.36. The molecule has 1 saturated carbocycles. The van der Waals surface area contributed by atoms with E-state index in [0.717, 1.165) is 31.2 Å². The lowest BCUT2D eigenvalue weighted by Gasteiger charge is -2.31. The largest absolute Gasteiger partial charge is 0.490 e. The average molecular weight is 582 g/mol. The van der Waals surface area contributed by atoms with Gasteiger partial charge in [-0.05, 0) is 55.7 Å². The van der Waals surface area contributed by atoms with Crippen LogP contribution in [0.3, 0.4) is 0 Å². The monoisotopic (exact) mass is 580 g/mol. The van der Waals surface area contributed by atoms with Gasteiger partial charge < -0.3 is 9.47 Å². The first-order valence-electron chi connectivity index (χ1n) is 11.2. The average Bonchev–Trinajstić information content (AvgIpc) is 3.32. The van der Waals surface area contributed by atoms with Gasteiger partial charge in [0.1, 0.15) is 12.2 Å². The number of ether oxygens (including phenoxy) is 2. The highest BCUT2D eigenvalue weighted by atomic mass is 79.9. The minimum Gasteiger partial charge on any atom is -0.490 e. The van der Waals surface area contributed by atoms with E-state index in [9.17, 15) is 14.4 Å². The third-order valence-corrected chi connectivity index (χ3v) is 7.16. The number of rotatable bonds is 7. The highest BCUT2D eigenvalue weighted by Gasteiger charge is 2.40. The van der Waals surface area contributed by atoms with E-state index in [1.54, 1.807) is 30.3 Å². The Balaban J connectivity index is 1.62. The first-order valence-corrected chi connectivity index (χ1v) is 12.8. The van der Waals surface area contributed by atoms with Crippen LogP contribution in [-0.4, -0.2) is 35.4 Å². The van der Waals surface area contributed by atoms with Gasteiger partial charge in [-0.1, -0.05) is 58.0 Å². The molecule has 2 aliphatic rings. The van der Waals surface area contributed by atoms with Crippen LogP contribution < -0.4 is 14.8 Å². The fraction of sp³-hybridized carbons (Fsp3) is 0.320. The zero-order valence-corrected chi connectivity index (χ0v) is 22.0. The number of hydrogen-bond acceptors (Lipinski definition) is 5. The molecule has 2 fully saturated rings. The summed E-state index contributed by atoms with van der Waals surface area (Å²) < 4.78 is 12.3. The lowest BCUT2D eigenvalue weighted by atomic mass is 10.0. The van der Waals surface area contributed by atoms with Crippen molar-refractivity contribution in [2.75, 3.05) is 6.61 Å². The van der Waals surface area contributed by atoms with Gasteiger partial charge in [0.25, 0.3) is 11.8 Å². The molecule has 0 aromatic heterocycles. The fourth-order valence-corrected chi connectivity index (χ4v) is 5.06. The van der Waals surface area contributed by atoms with Crippen molar-refractivity contribution in [1.29, 1.82) is 0 Å². The summed E-state index contributed by atoms with van der Waals surface area (Å²) in [5, 5.41) is 3.31. The van der Waals surface area contributed by atoms with Crippen molar-refractivity contribution in [3.8, 4) is 11.5 Å². The molecule has 10 heteroatoms. The molecule has 1 aliphatic carbocycles. The van der Waals surface area contributed by atoms with E-state index >= 15 is 0 Å². The molecular formula is C25H23BrCl2N2O5. The summed E-state index contributed by atoms with van der Waals surface area (Å²) in [4.78, 5) is 39.2. The third kappa shape index (κ3) is 5.66. The molecule has 0 bridgehead atoms. The summed E-state index contributed by atoms with van der Waals surface area (Å²) in [5.74, 6) is -0.431. The minimum absolute atomic E-state index is 0.110. The molecule has 4 rings (SSSR count). The molecule has 1 N–H and O–H groups in total. The van der Waals surface area contributed by atoms with Gasteiger partial charge in [0.15, 0.2) is 11.5 Å². The van der Waals surface area contributed by atoms with E-state index < -0.39 is 17.8 Å². The summed E-state index contributed by atoms with van der Waals surface area (Å²) >= 11 is 15.7. The smallest absolute Gasteiger partial charge is 0.331 e. The van der Waals surface area contributed by atoms with Crippen LogP contribution in [0.1, 0.15) is 43.7 Å². The van der Waals surface area contributed by atoms with E-state index in [4.69, 9.17) is 32.7 Å². The molecule has 2 aromatic rings. The molecule has 2 aromatic carbocycles. The number of imide groups is 2. The van der Waals surface area contributed by atoms with Crippen molar-refractivity contribution in [1.82, 2.24) is 10.2 Å². The molecular weight excluding hydrogens is 559 g/mol. The molecule has 1 heterocycles. The van der Waals surface area contributed by atoms with Crippen molar-refractivity contribution in [2.45, 2.75) is 45.3 Å². The minimum atomic E-state index is -0.725. The highest BCUT2D eigenvalue weighted by molar-refractivity contribution is 9.10. The van der Waals surface area contributed by atoms with E-state index in [2.05, 4.69) is 21.2 Å². The van der Waals surface area contributed by atoms with Crippen LogP contribution in [0.4, 0.5) is 4.79 Å². The summed E-state index contributed by atoms with van der Waals surface area (Å²) in [6.45, 7) is 2.39. The van der Waals surface area contributed by atoms with Gasteiger partial charge in [-0.25, -0.2) is 4.79 Å². The van der Waals surface area contributed by atoms with Gasteiger partial charge in [-0.2, -0.15) is 0 Å². The Morgan fingerprint density at radius 2 is 1.80 bits per heavy atom. The Morgan fingerprint density at radius 3 is 2.49 bits per heavy atom. The summed E-state index contributed by atoms with van der Waals surface area (Å²) in [6, 6.07) is 7.67. The lowest BCUT2D eigenvalue weighted by Crippen LogP contribution is -2.57. The van der Waals surface area contributed by atoms with Crippen molar-refractivity contribution in [3.05, 3.63) is 61.5 Å². The first kappa shape index (κ1) is 25.5. The van der Waals surface area contributed by atoms with Crippen molar-refractivity contribution >= 4 is 63.1 Å². The SMILES string of the molecule is CCOc1cc(/C=C2\C(=O)NC(=O)N(C3CCCC3)C2=O)c(Br)cc1OCc1ccc(Cl)cc1Cl. The molecule has 0 spiro atoms. The quantitative estimate of drug-likeness (QED) is 0.314. The molecule has 0 atom stereocenters. The Labute approximate surface area is 221 Å². The van der Waals surface area contributed by atoms with Crippen LogP contribution in [0.15, 0.2) is 40.4 Å². The van der Waals surface area contributed by atoms with Crippen molar-refractivity contribution in [3.63, 3.8) is 0 Å². The normalized spacial score (nSPS) is 17.8. The second-order valence-corrected chi connectivity index (χ2v) is 9.91. The molecule has 35 heavy (non-hydrogen) atoms. The predicted octanol–water partition coefficient (Wildman–Crippen LogP) is 6.14. The van der Waals surface area contributed by atoms with Gasteiger partial charge in [0.05, 0.1) is 6.61 Å². The zero-order chi connectivity index (χ0) is 25.1. The van der Waals surface area contributed by atoms with E-state index in [0.29, 0.717) is 38.2 Å². The number of amides is 4. The second kappa shape index (κ2) is 11.0. The van der Waals surface area contributed by atoms with E-state index in [-0.39, 0.29) is 18.2 Å². The fourth-order valence-electron chi connectivity index (χ4n) is 4.16.